The number of hydrogen-bond donors (Lipinski definition) is 2. The van der Waals surface area contributed by atoms with Gasteiger partial charge >= 0.3 is 6.09 Å². The zero-order chi connectivity index (χ0) is 15.9. The monoisotopic (exact) mass is 296 g/mol. The molecular formula is C17H32N2O2. The van der Waals surface area contributed by atoms with E-state index in [1.54, 1.807) is 0 Å². The lowest BCUT2D eigenvalue weighted by molar-refractivity contribution is 0.0511. The second-order valence-corrected chi connectivity index (χ2v) is 7.22. The minimum atomic E-state index is -0.433. The number of alkyl carbamates (subject to hydrolysis) is 1. The summed E-state index contributed by atoms with van der Waals surface area (Å²) < 4.78 is 5.30. The molecule has 0 aromatic rings. The van der Waals surface area contributed by atoms with Crippen molar-refractivity contribution < 1.29 is 9.53 Å². The van der Waals surface area contributed by atoms with Crippen LogP contribution in [-0.2, 0) is 4.74 Å². The molecule has 122 valence electrons. The smallest absolute Gasteiger partial charge is 0.407 e. The molecule has 0 radical (unpaired) electrons. The highest BCUT2D eigenvalue weighted by atomic mass is 16.6. The largest absolute Gasteiger partial charge is 0.444 e. The fourth-order valence-electron chi connectivity index (χ4n) is 2.66. The lowest BCUT2D eigenvalue weighted by Crippen LogP contribution is -2.45. The fourth-order valence-corrected chi connectivity index (χ4v) is 2.66. The van der Waals surface area contributed by atoms with Crippen LogP contribution in [0.3, 0.4) is 0 Å². The highest BCUT2D eigenvalue weighted by Gasteiger charge is 2.25. The third kappa shape index (κ3) is 8.10. The summed E-state index contributed by atoms with van der Waals surface area (Å²) in [5, 5.41) is 6.53. The highest BCUT2D eigenvalue weighted by molar-refractivity contribution is 5.67. The van der Waals surface area contributed by atoms with Gasteiger partial charge in [-0.05, 0) is 53.4 Å². The summed E-state index contributed by atoms with van der Waals surface area (Å²) in [4.78, 5) is 11.7. The van der Waals surface area contributed by atoms with E-state index >= 15 is 0 Å². The van der Waals surface area contributed by atoms with E-state index in [-0.39, 0.29) is 6.09 Å². The first-order chi connectivity index (χ1) is 9.78. The molecule has 2 unspecified atom stereocenters. The van der Waals surface area contributed by atoms with Gasteiger partial charge in [0.2, 0.25) is 0 Å². The van der Waals surface area contributed by atoms with Crippen molar-refractivity contribution in [2.45, 2.75) is 71.9 Å². The number of carbonyl (C=O) groups excluding carboxylic acids is 1. The van der Waals surface area contributed by atoms with Crippen LogP contribution in [0.4, 0.5) is 4.79 Å². The van der Waals surface area contributed by atoms with Gasteiger partial charge in [-0.2, -0.15) is 0 Å². The molecule has 21 heavy (non-hydrogen) atoms. The lowest BCUT2D eigenvalue weighted by atomic mass is 9.84. The molecule has 1 fully saturated rings. The van der Waals surface area contributed by atoms with Crippen LogP contribution >= 0.6 is 0 Å². The van der Waals surface area contributed by atoms with Crippen LogP contribution in [0.15, 0.2) is 11.6 Å². The molecule has 0 heterocycles. The Bertz CT molecular complexity index is 354. The number of allylic oxidation sites excluding steroid dienone is 1. The maximum absolute atomic E-state index is 11.7. The Kier molecular flexibility index (Phi) is 7.23. The molecule has 0 spiro atoms. The minimum absolute atomic E-state index is 0.309. The summed E-state index contributed by atoms with van der Waals surface area (Å²) in [6.07, 6.45) is 6.79. The molecular weight excluding hydrogens is 264 g/mol. The van der Waals surface area contributed by atoms with Crippen molar-refractivity contribution in [1.82, 2.24) is 10.6 Å². The summed E-state index contributed by atoms with van der Waals surface area (Å²) in [6, 6.07) is 0.490. The molecule has 2 atom stereocenters. The number of carbonyl (C=O) groups is 1. The van der Waals surface area contributed by atoms with Crippen LogP contribution in [0.1, 0.15) is 60.3 Å². The molecule has 1 aliphatic carbocycles. The molecule has 0 bridgehead atoms. The molecule has 0 aliphatic heterocycles. The predicted octanol–water partition coefficient (Wildman–Crippen LogP) is 3.63. The Labute approximate surface area is 129 Å². The number of nitrogens with one attached hydrogen (secondary N) is 2. The molecule has 1 aliphatic rings. The van der Waals surface area contributed by atoms with Crippen LogP contribution in [0, 0.1) is 5.92 Å². The Hall–Kier alpha value is -1.03. The van der Waals surface area contributed by atoms with Crippen LogP contribution in [0.5, 0.6) is 0 Å². The summed E-state index contributed by atoms with van der Waals surface area (Å²) in [5.74, 6) is 0.497. The van der Waals surface area contributed by atoms with Crippen LogP contribution in [0.2, 0.25) is 0 Å². The van der Waals surface area contributed by atoms with E-state index in [4.69, 9.17) is 4.74 Å². The normalized spacial score (nSPS) is 22.5. The molecule has 1 saturated carbocycles. The fraction of sp³-hybridized carbons (Fsp3) is 0.824. The standard InChI is InChI=1S/C17H32N2O2/c1-13(2)10-11-18-15-9-7-6-8-14(15)12-19-16(20)21-17(3,4)5/h10,14-15,18H,6-9,11-12H2,1-5H3,(H,19,20). The second-order valence-electron chi connectivity index (χ2n) is 7.22. The van der Waals surface area contributed by atoms with Gasteiger partial charge in [-0.15, -0.1) is 0 Å². The average molecular weight is 296 g/mol. The van der Waals surface area contributed by atoms with Crippen molar-refractivity contribution in [1.29, 1.82) is 0 Å². The summed E-state index contributed by atoms with van der Waals surface area (Å²) in [6.45, 7) is 11.5. The Morgan fingerprint density at radius 3 is 2.52 bits per heavy atom. The van der Waals surface area contributed by atoms with Crippen molar-refractivity contribution in [3.63, 3.8) is 0 Å². The SMILES string of the molecule is CC(C)=CCNC1CCCCC1CNC(=O)OC(C)(C)C. The van der Waals surface area contributed by atoms with E-state index in [1.807, 2.05) is 20.8 Å². The number of rotatable bonds is 5. The van der Waals surface area contributed by atoms with E-state index in [9.17, 15) is 4.79 Å². The van der Waals surface area contributed by atoms with Gasteiger partial charge in [0, 0.05) is 19.1 Å². The van der Waals surface area contributed by atoms with E-state index in [2.05, 4.69) is 30.6 Å². The maximum Gasteiger partial charge on any atom is 0.407 e. The molecule has 2 N–H and O–H groups in total. The van der Waals surface area contributed by atoms with Gasteiger partial charge in [-0.25, -0.2) is 4.79 Å². The zero-order valence-electron chi connectivity index (χ0n) is 14.3. The van der Waals surface area contributed by atoms with Crippen molar-refractivity contribution in [2.75, 3.05) is 13.1 Å². The topological polar surface area (TPSA) is 50.4 Å². The third-order valence-electron chi connectivity index (χ3n) is 3.71. The van der Waals surface area contributed by atoms with Crippen molar-refractivity contribution in [3.05, 3.63) is 11.6 Å². The molecule has 4 heteroatoms. The van der Waals surface area contributed by atoms with Gasteiger partial charge in [-0.1, -0.05) is 24.5 Å². The molecule has 4 nitrogen and oxygen atoms in total. The summed E-state index contributed by atoms with van der Waals surface area (Å²) in [7, 11) is 0. The van der Waals surface area contributed by atoms with Crippen molar-refractivity contribution in [3.8, 4) is 0 Å². The first-order valence-electron chi connectivity index (χ1n) is 8.11. The van der Waals surface area contributed by atoms with Crippen LogP contribution in [-0.4, -0.2) is 30.8 Å². The van der Waals surface area contributed by atoms with E-state index in [0.717, 1.165) is 6.54 Å². The molecule has 0 saturated heterocycles. The number of hydrogen-bond acceptors (Lipinski definition) is 3. The van der Waals surface area contributed by atoms with Crippen molar-refractivity contribution in [2.24, 2.45) is 5.92 Å². The van der Waals surface area contributed by atoms with Gasteiger partial charge in [-0.3, -0.25) is 0 Å². The molecule has 0 aromatic carbocycles. The first-order valence-corrected chi connectivity index (χ1v) is 8.11. The first kappa shape index (κ1) is 18.0. The maximum atomic E-state index is 11.7. The highest BCUT2D eigenvalue weighted by Crippen LogP contribution is 2.24. The van der Waals surface area contributed by atoms with Gasteiger partial charge in [0.05, 0.1) is 0 Å². The van der Waals surface area contributed by atoms with Gasteiger partial charge in [0.25, 0.3) is 0 Å². The molecule has 1 amide bonds. The Balaban J connectivity index is 2.39. The molecule has 0 aromatic heterocycles. The zero-order valence-corrected chi connectivity index (χ0v) is 14.3. The Morgan fingerprint density at radius 1 is 1.24 bits per heavy atom. The predicted molar refractivity (Wildman–Crippen MR) is 87.4 cm³/mol. The second kappa shape index (κ2) is 8.42. The number of ether oxygens (including phenoxy) is 1. The van der Waals surface area contributed by atoms with E-state index in [1.165, 1.54) is 31.3 Å². The van der Waals surface area contributed by atoms with Gasteiger partial charge in [0.1, 0.15) is 5.60 Å². The average Bonchev–Trinajstić information content (AvgIpc) is 2.35. The summed E-state index contributed by atoms with van der Waals surface area (Å²) >= 11 is 0. The minimum Gasteiger partial charge on any atom is -0.444 e. The quantitative estimate of drug-likeness (QED) is 0.762. The third-order valence-corrected chi connectivity index (χ3v) is 3.71. The van der Waals surface area contributed by atoms with Gasteiger partial charge in [0.15, 0.2) is 0 Å². The van der Waals surface area contributed by atoms with E-state index < -0.39 is 5.60 Å². The summed E-state index contributed by atoms with van der Waals surface area (Å²) in [5.41, 5.74) is 0.902. The van der Waals surface area contributed by atoms with Gasteiger partial charge < -0.3 is 15.4 Å². The lowest BCUT2D eigenvalue weighted by Gasteiger charge is -2.32. The van der Waals surface area contributed by atoms with E-state index in [0.29, 0.717) is 18.5 Å². The number of amides is 1. The molecule has 1 rings (SSSR count). The van der Waals surface area contributed by atoms with Crippen LogP contribution in [0.25, 0.3) is 0 Å². The van der Waals surface area contributed by atoms with Crippen LogP contribution < -0.4 is 10.6 Å². The Morgan fingerprint density at radius 2 is 1.90 bits per heavy atom. The van der Waals surface area contributed by atoms with Crippen molar-refractivity contribution >= 4 is 6.09 Å².